The molecule has 0 radical (unpaired) electrons. The van der Waals surface area contributed by atoms with Gasteiger partial charge in [-0.2, -0.15) is 0 Å². The highest BCUT2D eigenvalue weighted by atomic mass is 14.9. The lowest BCUT2D eigenvalue weighted by molar-refractivity contribution is 0.680. The highest BCUT2D eigenvalue weighted by Gasteiger charge is 1.93. The van der Waals surface area contributed by atoms with Gasteiger partial charge >= 0.3 is 0 Å². The van der Waals surface area contributed by atoms with Gasteiger partial charge in [0, 0.05) is 23.8 Å². The second kappa shape index (κ2) is 13.0. The maximum absolute atomic E-state index is 5.37. The van der Waals surface area contributed by atoms with Gasteiger partial charge in [-0.25, -0.2) is 9.97 Å². The van der Waals surface area contributed by atoms with Crippen LogP contribution in [0.15, 0.2) is 25.0 Å². The van der Waals surface area contributed by atoms with Gasteiger partial charge in [-0.1, -0.05) is 12.8 Å². The first-order chi connectivity index (χ1) is 10.9. The van der Waals surface area contributed by atoms with E-state index in [1.807, 2.05) is 12.4 Å². The zero-order valence-corrected chi connectivity index (χ0v) is 13.4. The van der Waals surface area contributed by atoms with E-state index in [0.29, 0.717) is 0 Å². The van der Waals surface area contributed by atoms with E-state index in [1.54, 1.807) is 12.7 Å². The molecule has 0 aliphatic carbocycles. The minimum Gasteiger partial charge on any atom is -0.348 e. The largest absolute Gasteiger partial charge is 0.348 e. The Bertz CT molecular complexity index is 381. The number of unbranched alkanes of at least 4 members (excludes halogenated alkanes) is 4. The van der Waals surface area contributed by atoms with Crippen molar-refractivity contribution in [3.05, 3.63) is 36.4 Å². The van der Waals surface area contributed by atoms with Gasteiger partial charge in [-0.3, -0.25) is 0 Å². The molecule has 0 spiro atoms. The van der Waals surface area contributed by atoms with Crippen LogP contribution in [-0.4, -0.2) is 33.0 Å². The lowest BCUT2D eigenvalue weighted by atomic mass is 10.1. The summed E-state index contributed by atoms with van der Waals surface area (Å²) in [6.45, 7) is 1.62. The number of nitrogens with zero attached hydrogens (tertiary/aromatic N) is 2. The fourth-order valence-electron chi connectivity index (χ4n) is 2.12. The van der Waals surface area contributed by atoms with Crippen molar-refractivity contribution in [1.82, 2.24) is 19.9 Å². The van der Waals surface area contributed by atoms with Crippen molar-refractivity contribution in [2.24, 2.45) is 11.5 Å². The summed E-state index contributed by atoms with van der Waals surface area (Å²) in [6.07, 6.45) is 16.5. The number of nitrogens with two attached hydrogens (primary N) is 2. The Hall–Kier alpha value is -1.66. The van der Waals surface area contributed by atoms with E-state index in [2.05, 4.69) is 19.9 Å². The normalized spacial score (nSPS) is 10.3. The van der Waals surface area contributed by atoms with Crippen molar-refractivity contribution >= 4 is 0 Å². The van der Waals surface area contributed by atoms with Crippen molar-refractivity contribution in [3.63, 3.8) is 0 Å². The minimum absolute atomic E-state index is 0.809. The monoisotopic (exact) mass is 306 g/mol. The molecule has 0 saturated carbocycles. The SMILES string of the molecule is NCCCCCc1cnc[nH]1.NCCCCCc1cnc[nH]1. The number of H-pyrrole nitrogens is 2. The zero-order valence-electron chi connectivity index (χ0n) is 13.4. The van der Waals surface area contributed by atoms with Gasteiger partial charge < -0.3 is 21.4 Å². The van der Waals surface area contributed by atoms with Crippen molar-refractivity contribution in [3.8, 4) is 0 Å². The molecule has 2 heterocycles. The van der Waals surface area contributed by atoms with Crippen LogP contribution >= 0.6 is 0 Å². The first-order valence-electron chi connectivity index (χ1n) is 8.21. The fourth-order valence-corrected chi connectivity index (χ4v) is 2.12. The molecule has 2 rings (SSSR count). The predicted octanol–water partition coefficient (Wildman–Crippen LogP) is 2.16. The standard InChI is InChI=1S/2C8H15N3/c2*9-5-3-1-2-4-8-6-10-7-11-8/h2*6-7H,1-5,9H2,(H,10,11). The number of hydrogen-bond acceptors (Lipinski definition) is 4. The smallest absolute Gasteiger partial charge is 0.0921 e. The minimum atomic E-state index is 0.809. The summed E-state index contributed by atoms with van der Waals surface area (Å²) in [5.74, 6) is 0. The van der Waals surface area contributed by atoms with Crippen molar-refractivity contribution in [2.75, 3.05) is 13.1 Å². The molecular weight excluding hydrogens is 276 g/mol. The van der Waals surface area contributed by atoms with Crippen molar-refractivity contribution in [1.29, 1.82) is 0 Å². The van der Waals surface area contributed by atoms with E-state index < -0.39 is 0 Å². The molecule has 0 fully saturated rings. The maximum Gasteiger partial charge on any atom is 0.0921 e. The molecule has 0 aromatic carbocycles. The highest BCUT2D eigenvalue weighted by Crippen LogP contribution is 2.02. The molecule has 0 unspecified atom stereocenters. The third-order valence-corrected chi connectivity index (χ3v) is 3.41. The Balaban J connectivity index is 0.000000220. The van der Waals surface area contributed by atoms with Gasteiger partial charge in [0.2, 0.25) is 0 Å². The quantitative estimate of drug-likeness (QED) is 0.504. The first-order valence-corrected chi connectivity index (χ1v) is 8.21. The third kappa shape index (κ3) is 9.31. The average Bonchev–Trinajstić information content (AvgIpc) is 3.22. The molecular formula is C16H30N6. The number of nitrogens with one attached hydrogen (secondary N) is 2. The molecule has 0 amide bonds. The van der Waals surface area contributed by atoms with Crippen LogP contribution in [0.3, 0.4) is 0 Å². The fraction of sp³-hybridized carbons (Fsp3) is 0.625. The van der Waals surface area contributed by atoms with Crippen molar-refractivity contribution < 1.29 is 0 Å². The maximum atomic E-state index is 5.37. The van der Waals surface area contributed by atoms with Crippen LogP contribution in [0.2, 0.25) is 0 Å². The summed E-state index contributed by atoms with van der Waals surface area (Å²) < 4.78 is 0. The first kappa shape index (κ1) is 18.4. The molecule has 0 saturated heterocycles. The van der Waals surface area contributed by atoms with Gasteiger partial charge in [-0.05, 0) is 51.6 Å². The van der Waals surface area contributed by atoms with E-state index in [4.69, 9.17) is 11.5 Å². The predicted molar refractivity (Wildman–Crippen MR) is 90.4 cm³/mol. The van der Waals surface area contributed by atoms with Gasteiger partial charge in [0.25, 0.3) is 0 Å². The molecule has 2 aromatic rings. The lowest BCUT2D eigenvalue weighted by Crippen LogP contribution is -1.98. The lowest BCUT2D eigenvalue weighted by Gasteiger charge is -1.95. The highest BCUT2D eigenvalue weighted by molar-refractivity contribution is 4.94. The summed E-state index contributed by atoms with van der Waals surface area (Å²) in [5.41, 5.74) is 13.2. The average molecular weight is 306 g/mol. The second-order valence-electron chi connectivity index (χ2n) is 5.35. The van der Waals surface area contributed by atoms with Crippen LogP contribution in [0, 0.1) is 0 Å². The van der Waals surface area contributed by atoms with Crippen LogP contribution in [0.1, 0.15) is 49.9 Å². The Morgan fingerprint density at radius 1 is 0.682 bits per heavy atom. The van der Waals surface area contributed by atoms with Gasteiger partial charge in [0.1, 0.15) is 0 Å². The number of imidazole rings is 2. The Labute approximate surface area is 133 Å². The Morgan fingerprint density at radius 2 is 1.14 bits per heavy atom. The van der Waals surface area contributed by atoms with Gasteiger partial charge in [-0.15, -0.1) is 0 Å². The van der Waals surface area contributed by atoms with Crippen LogP contribution in [0.4, 0.5) is 0 Å². The van der Waals surface area contributed by atoms with E-state index in [9.17, 15) is 0 Å². The molecule has 6 heteroatoms. The summed E-state index contributed by atoms with van der Waals surface area (Å²) in [5, 5.41) is 0. The Morgan fingerprint density at radius 3 is 1.45 bits per heavy atom. The van der Waals surface area contributed by atoms with Crippen LogP contribution in [-0.2, 0) is 12.8 Å². The molecule has 0 aliphatic heterocycles. The molecule has 6 nitrogen and oxygen atoms in total. The summed E-state index contributed by atoms with van der Waals surface area (Å²) in [4.78, 5) is 14.0. The Kier molecular flexibility index (Phi) is 10.9. The molecule has 2 aromatic heterocycles. The van der Waals surface area contributed by atoms with Gasteiger partial charge in [0.05, 0.1) is 12.7 Å². The summed E-state index contributed by atoms with van der Waals surface area (Å²) in [6, 6.07) is 0. The molecule has 22 heavy (non-hydrogen) atoms. The van der Waals surface area contributed by atoms with Crippen molar-refractivity contribution in [2.45, 2.75) is 51.4 Å². The van der Waals surface area contributed by atoms with Crippen LogP contribution in [0.25, 0.3) is 0 Å². The molecule has 6 N–H and O–H groups in total. The number of aromatic amines is 2. The summed E-state index contributed by atoms with van der Waals surface area (Å²) >= 11 is 0. The third-order valence-electron chi connectivity index (χ3n) is 3.41. The molecule has 0 bridgehead atoms. The zero-order chi connectivity index (χ0) is 15.9. The molecule has 0 atom stereocenters. The van der Waals surface area contributed by atoms with Crippen LogP contribution in [0.5, 0.6) is 0 Å². The molecule has 124 valence electrons. The number of aryl methyl sites for hydroxylation is 2. The summed E-state index contributed by atoms with van der Waals surface area (Å²) in [7, 11) is 0. The van der Waals surface area contributed by atoms with E-state index in [-0.39, 0.29) is 0 Å². The van der Waals surface area contributed by atoms with Gasteiger partial charge in [0.15, 0.2) is 0 Å². The second-order valence-corrected chi connectivity index (χ2v) is 5.35. The number of rotatable bonds is 10. The van der Waals surface area contributed by atoms with E-state index >= 15 is 0 Å². The molecule has 0 aliphatic rings. The van der Waals surface area contributed by atoms with E-state index in [0.717, 1.165) is 38.8 Å². The van der Waals surface area contributed by atoms with Crippen LogP contribution < -0.4 is 11.5 Å². The topological polar surface area (TPSA) is 109 Å². The number of hydrogen-bond donors (Lipinski definition) is 4. The van der Waals surface area contributed by atoms with E-state index in [1.165, 1.54) is 37.1 Å². The number of aromatic nitrogens is 4.